The molecule has 0 bridgehead atoms. The molecule has 2 aromatic heterocycles. The molecule has 1 N–H and O–H groups in total. The summed E-state index contributed by atoms with van der Waals surface area (Å²) >= 11 is 0. The summed E-state index contributed by atoms with van der Waals surface area (Å²) in [6, 6.07) is 66.3. The summed E-state index contributed by atoms with van der Waals surface area (Å²) < 4.78 is 72.1. The Hall–Kier alpha value is -11.4. The first-order valence-corrected chi connectivity index (χ1v) is 35.3. The second-order valence-corrected chi connectivity index (χ2v) is 26.9. The first-order chi connectivity index (χ1) is 49.6. The molecule has 3 aliphatic rings. The Morgan fingerprint density at radius 2 is 0.951 bits per heavy atom. The van der Waals surface area contributed by atoms with Crippen molar-refractivity contribution in [2.24, 2.45) is 0 Å². The summed E-state index contributed by atoms with van der Waals surface area (Å²) in [5.41, 5.74) is 7.44. The number of carboxylic acids is 1. The van der Waals surface area contributed by atoms with Crippen LogP contribution in [0.5, 0.6) is 17.2 Å². The van der Waals surface area contributed by atoms with Gasteiger partial charge in [0.2, 0.25) is 0 Å². The number of nitrogens with zero attached hydrogens (tertiary/aromatic N) is 6. The number of esters is 1. The van der Waals surface area contributed by atoms with Gasteiger partial charge in [0.25, 0.3) is 17.7 Å². The number of rotatable bonds is 23. The molecular weight excluding hydrogens is 1320 g/mol. The van der Waals surface area contributed by atoms with Crippen molar-refractivity contribution in [3.8, 4) is 17.2 Å². The quantitative estimate of drug-likeness (QED) is 0.0467. The monoisotopic (exact) mass is 1390 g/mol. The van der Waals surface area contributed by atoms with Crippen LogP contribution in [0.15, 0.2) is 237 Å². The Bertz CT molecular complexity index is 4830. The number of aromatic carboxylic acids is 1. The van der Waals surface area contributed by atoms with E-state index in [1.807, 2.05) is 133 Å². The van der Waals surface area contributed by atoms with Gasteiger partial charge in [0.05, 0.1) is 35.0 Å². The van der Waals surface area contributed by atoms with Gasteiger partial charge in [-0.15, -0.1) is 0 Å². The third kappa shape index (κ3) is 15.2. The summed E-state index contributed by atoms with van der Waals surface area (Å²) in [4.78, 5) is 84.9. The van der Waals surface area contributed by atoms with Gasteiger partial charge in [0.15, 0.2) is 17.6 Å². The number of piperazine rings is 1. The lowest BCUT2D eigenvalue weighted by molar-refractivity contribution is -0.150. The van der Waals surface area contributed by atoms with Gasteiger partial charge in [-0.2, -0.15) is 0 Å². The molecule has 9 aromatic carbocycles. The van der Waals surface area contributed by atoms with Gasteiger partial charge in [-0.25, -0.2) is 22.9 Å². The molecule has 5 heterocycles. The first-order valence-electron chi connectivity index (χ1n) is 33.5. The predicted octanol–water partition coefficient (Wildman–Crippen LogP) is 15.1. The summed E-state index contributed by atoms with van der Waals surface area (Å²) in [5, 5.41) is 11.2. The average Bonchev–Trinajstić information content (AvgIpc) is 1.16. The Kier molecular flexibility index (Phi) is 21.0. The van der Waals surface area contributed by atoms with Crippen molar-refractivity contribution in [3.63, 3.8) is 0 Å². The Labute approximate surface area is 587 Å². The number of hydrogen-bond acceptors (Lipinski definition) is 14. The van der Waals surface area contributed by atoms with Crippen LogP contribution in [-0.4, -0.2) is 116 Å². The Morgan fingerprint density at radius 3 is 1.37 bits per heavy atom. The summed E-state index contributed by atoms with van der Waals surface area (Å²) in [7, 11) is -3.85. The third-order valence-electron chi connectivity index (χ3n) is 18.1. The van der Waals surface area contributed by atoms with Gasteiger partial charge in [-0.1, -0.05) is 176 Å². The lowest BCUT2D eigenvalue weighted by atomic mass is 9.94. The minimum atomic E-state index is -3.85. The highest BCUT2D eigenvalue weighted by Gasteiger charge is 2.42. The van der Waals surface area contributed by atoms with E-state index in [1.54, 1.807) is 101 Å². The molecule has 14 rings (SSSR count). The molecule has 1 saturated heterocycles. The summed E-state index contributed by atoms with van der Waals surface area (Å²) in [6.07, 6.45) is 0.880. The number of carbonyl (C=O) groups excluding carboxylic acids is 4. The van der Waals surface area contributed by atoms with E-state index >= 15 is 0 Å². The van der Waals surface area contributed by atoms with E-state index in [1.165, 1.54) is 31.2 Å². The maximum Gasteiger partial charge on any atom is 0.381 e. The van der Waals surface area contributed by atoms with Crippen LogP contribution in [0.1, 0.15) is 112 Å². The van der Waals surface area contributed by atoms with Crippen LogP contribution >= 0.6 is 7.60 Å². The zero-order chi connectivity index (χ0) is 70.9. The second-order valence-electron chi connectivity index (χ2n) is 24.8. The molecule has 0 radical (unpaired) electrons. The van der Waals surface area contributed by atoms with Crippen molar-refractivity contribution in [1.82, 2.24) is 29.6 Å². The fraction of sp³-hybridized carbons (Fsp3) is 0.198. The molecule has 2 atom stereocenters. The van der Waals surface area contributed by atoms with Crippen molar-refractivity contribution in [1.29, 1.82) is 0 Å². The van der Waals surface area contributed by atoms with E-state index in [0.29, 0.717) is 77.0 Å². The van der Waals surface area contributed by atoms with Crippen LogP contribution < -0.4 is 14.0 Å². The molecule has 1 unspecified atom stereocenters. The SMILES string of the molecule is CCOC(=O)[C@H](C)OP(=O)(CCN1CCN(C(=O)c2c3c(c(OC(c4ccccc4)c4ccccc4)c4ncccc24)C(=O)N(Cc2ccc(F)cc2)C3)CC1)Oc1ccccc1.O=C(O)c1c2c(c(OC(c3ccccc3)c3ccccc3)c3ncccc13)C(=O)N(Cc1ccc(F)cc1)C2. The molecule has 21 heteroatoms. The van der Waals surface area contributed by atoms with Gasteiger partial charge >= 0.3 is 19.5 Å². The predicted molar refractivity (Wildman–Crippen MR) is 380 cm³/mol. The number of carboxylic acid groups (broad SMARTS) is 1. The number of carbonyl (C=O) groups is 5. The Balaban J connectivity index is 0.000000203. The molecule has 102 heavy (non-hydrogen) atoms. The number of para-hydroxylation sites is 1. The number of ether oxygens (including phenoxy) is 3. The number of hydrogen-bond donors (Lipinski definition) is 1. The highest BCUT2D eigenvalue weighted by molar-refractivity contribution is 7.54. The van der Waals surface area contributed by atoms with Crippen LogP contribution in [-0.2, 0) is 44.8 Å². The number of pyridine rings is 2. The number of aromatic nitrogens is 2. The molecular formula is C81H71F2N6O12P. The third-order valence-corrected chi connectivity index (χ3v) is 20.0. The van der Waals surface area contributed by atoms with Crippen molar-refractivity contribution >= 4 is 59.1 Å². The average molecular weight is 1390 g/mol. The van der Waals surface area contributed by atoms with Gasteiger partial charge in [-0.3, -0.25) is 33.8 Å². The zero-order valence-corrected chi connectivity index (χ0v) is 56.7. The zero-order valence-electron chi connectivity index (χ0n) is 55.9. The van der Waals surface area contributed by atoms with E-state index in [9.17, 15) is 42.4 Å². The van der Waals surface area contributed by atoms with Crippen LogP contribution in [0.25, 0.3) is 21.8 Å². The van der Waals surface area contributed by atoms with Gasteiger partial charge < -0.3 is 38.5 Å². The first kappa shape index (κ1) is 69.1. The smallest absolute Gasteiger partial charge is 0.381 e. The fourth-order valence-corrected chi connectivity index (χ4v) is 15.0. The standard InChI is InChI=1S/C49H48FN4O8P.C32H23FN2O4/c1-3-59-49(57)34(2)61-63(58,62-39-18-11-6-12-19-39)31-30-52-26-28-53(29-27-52)47(55)42-40-20-13-25-51-44(40)46(60-45(36-14-7-4-8-15-36)37-16-9-5-10-17-37)43-41(42)33-54(48(43)56)32-35-21-23-38(50)24-22-35;33-23-15-13-20(14-16-23)18-35-19-25-26(32(37)38)24-12-7-17-34-28(24)30(27(25)31(35)36)39-29(21-8-3-1-4-9-21)22-10-5-2-6-11-22/h4-25,34,45H,3,26-33H2,1-2H3;1-17,29H,18-19H2,(H,37,38)/t34-,63?;/m0./s1. The maximum atomic E-state index is 15.0. The highest BCUT2D eigenvalue weighted by Crippen LogP contribution is 2.50. The van der Waals surface area contributed by atoms with Gasteiger partial charge in [0.1, 0.15) is 40.6 Å². The van der Waals surface area contributed by atoms with Crippen LogP contribution in [0, 0.1) is 11.6 Å². The normalized spacial score (nSPS) is 14.4. The molecule has 0 aliphatic carbocycles. The number of fused-ring (bicyclic) bond motifs is 4. The van der Waals surface area contributed by atoms with Gasteiger partial charge in [0, 0.05) is 93.2 Å². The molecule has 0 saturated carbocycles. The van der Waals surface area contributed by atoms with E-state index in [-0.39, 0.29) is 96.5 Å². The van der Waals surface area contributed by atoms with E-state index in [0.717, 1.165) is 33.4 Å². The lowest BCUT2D eigenvalue weighted by Crippen LogP contribution is -2.49. The molecule has 18 nitrogen and oxygen atoms in total. The largest absolute Gasteiger partial charge is 0.478 e. The van der Waals surface area contributed by atoms with E-state index < -0.39 is 37.8 Å². The second kappa shape index (κ2) is 31.0. The molecule has 11 aromatic rings. The minimum absolute atomic E-state index is 0.0101. The molecule has 3 amide bonds. The maximum absolute atomic E-state index is 15.0. The lowest BCUT2D eigenvalue weighted by Gasteiger charge is -2.36. The summed E-state index contributed by atoms with van der Waals surface area (Å²) in [6.45, 7) is 5.80. The van der Waals surface area contributed by atoms with Crippen LogP contribution in [0.3, 0.4) is 0 Å². The topological polar surface area (TPSA) is 208 Å². The van der Waals surface area contributed by atoms with Crippen molar-refractivity contribution < 1.29 is 65.7 Å². The van der Waals surface area contributed by atoms with Gasteiger partial charge in [-0.05, 0) is 95.8 Å². The van der Waals surface area contributed by atoms with E-state index in [2.05, 4.69) is 9.88 Å². The van der Waals surface area contributed by atoms with E-state index in [4.69, 9.17) is 28.2 Å². The molecule has 0 spiro atoms. The van der Waals surface area contributed by atoms with Crippen LogP contribution in [0.4, 0.5) is 8.78 Å². The molecule has 1 fully saturated rings. The number of amides is 3. The minimum Gasteiger partial charge on any atom is -0.478 e. The van der Waals surface area contributed by atoms with Crippen molar-refractivity contribution in [2.45, 2.75) is 58.3 Å². The Morgan fingerprint density at radius 1 is 0.539 bits per heavy atom. The number of benzene rings is 9. The fourth-order valence-electron chi connectivity index (χ4n) is 13.2. The molecule has 516 valence electrons. The van der Waals surface area contributed by atoms with Crippen molar-refractivity contribution in [2.75, 3.05) is 45.5 Å². The van der Waals surface area contributed by atoms with Crippen LogP contribution in [0.2, 0.25) is 0 Å². The van der Waals surface area contributed by atoms with Crippen molar-refractivity contribution in [3.05, 3.63) is 315 Å². The highest BCUT2D eigenvalue weighted by atomic mass is 31.2. The summed E-state index contributed by atoms with van der Waals surface area (Å²) in [5.74, 6) is -2.58. The molecule has 3 aliphatic heterocycles. The number of halogens is 2.